The quantitative estimate of drug-likeness (QED) is 0.211. The summed E-state index contributed by atoms with van der Waals surface area (Å²) in [5.41, 5.74) is 2.66. The van der Waals surface area contributed by atoms with Crippen LogP contribution in [0.4, 0.5) is 0 Å². The van der Waals surface area contributed by atoms with Crippen molar-refractivity contribution in [1.29, 1.82) is 0 Å². The predicted octanol–water partition coefficient (Wildman–Crippen LogP) is 9.80. The van der Waals surface area contributed by atoms with Gasteiger partial charge in [-0.1, -0.05) is 60.6 Å². The lowest BCUT2D eigenvalue weighted by molar-refractivity contribution is -0.146. The monoisotopic (exact) mass is 628 g/mol. The van der Waals surface area contributed by atoms with Crippen molar-refractivity contribution in [2.75, 3.05) is 0 Å². The van der Waals surface area contributed by atoms with Crippen molar-refractivity contribution in [3.8, 4) is 5.75 Å². The Morgan fingerprint density at radius 3 is 1.90 bits per heavy atom. The summed E-state index contributed by atoms with van der Waals surface area (Å²) >= 11 is 1.66. The molecule has 5 nitrogen and oxygen atoms in total. The SMILES string of the molecule is CCC(=CCC(C)(C)C(=O)O)c1csc(COc2ccc(C(C)(C)O[Si]C(C)(C)C)c(C(C)(C)O[Si]C(C)(C)C)c2)c1. The average Bonchev–Trinajstić information content (AvgIpc) is 3.33. The first-order valence-electron chi connectivity index (χ1n) is 14.7. The number of aliphatic carboxylic acids is 1. The number of carbonyl (C=O) groups is 1. The van der Waals surface area contributed by atoms with E-state index in [1.54, 1.807) is 25.2 Å². The molecule has 0 atom stereocenters. The molecule has 0 amide bonds. The zero-order valence-electron chi connectivity index (χ0n) is 28.1. The molecule has 0 unspecified atom stereocenters. The number of carboxylic acid groups (broad SMARTS) is 1. The molecule has 0 fully saturated rings. The maximum atomic E-state index is 11.5. The number of rotatable bonds is 14. The minimum absolute atomic E-state index is 0.0667. The highest BCUT2D eigenvalue weighted by atomic mass is 32.1. The molecule has 1 aromatic carbocycles. The van der Waals surface area contributed by atoms with Gasteiger partial charge in [-0.15, -0.1) is 11.3 Å². The van der Waals surface area contributed by atoms with E-state index in [9.17, 15) is 9.90 Å². The lowest BCUT2D eigenvalue weighted by Gasteiger charge is -2.37. The predicted molar refractivity (Wildman–Crippen MR) is 179 cm³/mol. The molecule has 0 aliphatic heterocycles. The van der Waals surface area contributed by atoms with E-state index in [2.05, 4.69) is 106 Å². The summed E-state index contributed by atoms with van der Waals surface area (Å²) < 4.78 is 19.4. The van der Waals surface area contributed by atoms with E-state index in [0.717, 1.165) is 39.3 Å². The molecule has 0 spiro atoms. The zero-order chi connectivity index (χ0) is 32.1. The van der Waals surface area contributed by atoms with Crippen LogP contribution >= 0.6 is 11.3 Å². The Morgan fingerprint density at radius 1 is 0.857 bits per heavy atom. The van der Waals surface area contributed by atoms with Gasteiger partial charge in [0.2, 0.25) is 19.5 Å². The molecular formula is C34H52O5SSi2. The van der Waals surface area contributed by atoms with Gasteiger partial charge in [-0.3, -0.25) is 4.79 Å². The van der Waals surface area contributed by atoms with Gasteiger partial charge < -0.3 is 18.7 Å². The summed E-state index contributed by atoms with van der Waals surface area (Å²) in [4.78, 5) is 12.7. The molecule has 4 radical (unpaired) electrons. The Morgan fingerprint density at radius 2 is 1.40 bits per heavy atom. The van der Waals surface area contributed by atoms with Crippen LogP contribution in [-0.2, 0) is 31.5 Å². The van der Waals surface area contributed by atoms with E-state index < -0.39 is 22.6 Å². The van der Waals surface area contributed by atoms with Gasteiger partial charge in [-0.05, 0) is 110 Å². The molecule has 8 heteroatoms. The van der Waals surface area contributed by atoms with Crippen LogP contribution in [0.1, 0.15) is 124 Å². The van der Waals surface area contributed by atoms with E-state index in [0.29, 0.717) is 32.6 Å². The fourth-order valence-electron chi connectivity index (χ4n) is 4.02. The Labute approximate surface area is 264 Å². The minimum Gasteiger partial charge on any atom is -0.488 e. The van der Waals surface area contributed by atoms with Crippen molar-refractivity contribution >= 4 is 42.4 Å². The molecule has 2 rings (SSSR count). The van der Waals surface area contributed by atoms with Gasteiger partial charge in [-0.2, -0.15) is 0 Å². The summed E-state index contributed by atoms with van der Waals surface area (Å²) in [6.07, 6.45) is 3.40. The largest absolute Gasteiger partial charge is 0.488 e. The molecule has 42 heavy (non-hydrogen) atoms. The fraction of sp³-hybridized carbons (Fsp3) is 0.618. The highest BCUT2D eigenvalue weighted by molar-refractivity contribution is 7.10. The van der Waals surface area contributed by atoms with Crippen molar-refractivity contribution in [3.05, 3.63) is 57.3 Å². The highest BCUT2D eigenvalue weighted by Crippen LogP contribution is 2.40. The smallest absolute Gasteiger partial charge is 0.309 e. The minimum atomic E-state index is -0.788. The van der Waals surface area contributed by atoms with Gasteiger partial charge in [0.15, 0.2) is 0 Å². The first-order chi connectivity index (χ1) is 19.1. The van der Waals surface area contributed by atoms with Gasteiger partial charge in [0.1, 0.15) is 12.4 Å². The Bertz CT molecular complexity index is 1230. The lowest BCUT2D eigenvalue weighted by Crippen LogP contribution is -2.34. The normalized spacial score (nSPS) is 13.9. The van der Waals surface area contributed by atoms with Crippen LogP contribution in [0.5, 0.6) is 5.75 Å². The Balaban J connectivity index is 2.33. The third kappa shape index (κ3) is 11.1. The first kappa shape index (κ1) is 36.5. The Hall–Kier alpha value is -1.72. The summed E-state index contributed by atoms with van der Waals surface area (Å²) in [6.45, 7) is 27.8. The molecule has 0 bridgehead atoms. The van der Waals surface area contributed by atoms with Gasteiger partial charge in [0, 0.05) is 4.88 Å². The van der Waals surface area contributed by atoms with Crippen LogP contribution in [0.2, 0.25) is 10.1 Å². The molecule has 0 aliphatic rings. The van der Waals surface area contributed by atoms with Crippen molar-refractivity contribution in [1.82, 2.24) is 0 Å². The molecule has 1 heterocycles. The molecule has 1 aromatic heterocycles. The maximum Gasteiger partial charge on any atom is 0.309 e. The molecule has 0 saturated carbocycles. The number of ether oxygens (including phenoxy) is 1. The third-order valence-corrected chi connectivity index (χ3v) is 10.1. The fourth-order valence-corrected chi connectivity index (χ4v) is 6.18. The molecular weight excluding hydrogens is 577 g/mol. The average molecular weight is 629 g/mol. The summed E-state index contributed by atoms with van der Waals surface area (Å²) in [5.74, 6) is 0.0130. The summed E-state index contributed by atoms with van der Waals surface area (Å²) in [7, 11) is 0.705. The van der Waals surface area contributed by atoms with Gasteiger partial charge in [0.25, 0.3) is 0 Å². The number of carboxylic acids is 1. The second kappa shape index (κ2) is 13.9. The number of benzene rings is 1. The van der Waals surface area contributed by atoms with Crippen molar-refractivity contribution in [2.45, 2.75) is 131 Å². The van der Waals surface area contributed by atoms with Crippen LogP contribution < -0.4 is 4.74 Å². The van der Waals surface area contributed by atoms with E-state index >= 15 is 0 Å². The van der Waals surface area contributed by atoms with Crippen LogP contribution in [-0.4, -0.2) is 30.6 Å². The number of allylic oxidation sites excluding steroid dienone is 2. The van der Waals surface area contributed by atoms with Crippen molar-refractivity contribution in [2.24, 2.45) is 5.41 Å². The molecule has 0 aliphatic carbocycles. The van der Waals surface area contributed by atoms with Crippen LogP contribution in [0, 0.1) is 5.41 Å². The zero-order valence-corrected chi connectivity index (χ0v) is 30.9. The van der Waals surface area contributed by atoms with E-state index in [-0.39, 0.29) is 10.1 Å². The lowest BCUT2D eigenvalue weighted by atomic mass is 9.85. The summed E-state index contributed by atoms with van der Waals surface area (Å²) in [6, 6.07) is 8.44. The topological polar surface area (TPSA) is 65.0 Å². The van der Waals surface area contributed by atoms with E-state index in [1.807, 2.05) is 6.07 Å². The molecule has 232 valence electrons. The van der Waals surface area contributed by atoms with Crippen LogP contribution in [0.15, 0.2) is 35.7 Å². The van der Waals surface area contributed by atoms with E-state index in [1.165, 1.54) is 0 Å². The van der Waals surface area contributed by atoms with Crippen LogP contribution in [0.25, 0.3) is 5.57 Å². The number of thiophene rings is 1. The number of hydrogen-bond donors (Lipinski definition) is 1. The third-order valence-electron chi connectivity index (χ3n) is 6.74. The molecule has 2 aromatic rings. The standard InChI is InChI=1S/C34H52O5SSi2/c1-14-23(17-18-32(8,9)29(35)36)24-19-26(40-22-24)21-37-25-15-16-27(33(10,11)38-41-30(2,3)4)28(20-25)34(12,13)39-42-31(5,6)7/h15-17,19-20,22H,14,18,21H2,1-13H3,(H,35,36). The maximum absolute atomic E-state index is 11.5. The van der Waals surface area contributed by atoms with Crippen molar-refractivity contribution in [3.63, 3.8) is 0 Å². The molecule has 1 N–H and O–H groups in total. The highest BCUT2D eigenvalue weighted by Gasteiger charge is 2.34. The van der Waals surface area contributed by atoms with E-state index in [4.69, 9.17) is 13.6 Å². The Kier molecular flexibility index (Phi) is 12.1. The van der Waals surface area contributed by atoms with Gasteiger partial charge in [-0.25, -0.2) is 0 Å². The summed E-state index contributed by atoms with van der Waals surface area (Å²) in [5, 5.41) is 11.8. The first-order valence-corrected chi connectivity index (χ1v) is 17.4. The van der Waals surface area contributed by atoms with Gasteiger partial charge >= 0.3 is 5.97 Å². The second-order valence-electron chi connectivity index (χ2n) is 14.7. The van der Waals surface area contributed by atoms with Crippen molar-refractivity contribution < 1.29 is 23.5 Å². The second-order valence-corrected chi connectivity index (χ2v) is 19.5. The van der Waals surface area contributed by atoms with Gasteiger partial charge in [0.05, 0.1) is 16.6 Å². The number of hydrogen-bond acceptors (Lipinski definition) is 5. The van der Waals surface area contributed by atoms with Crippen LogP contribution in [0.3, 0.4) is 0 Å². The molecule has 0 saturated heterocycles.